The summed E-state index contributed by atoms with van der Waals surface area (Å²) in [6.07, 6.45) is 0. The van der Waals surface area contributed by atoms with E-state index in [9.17, 15) is 23.3 Å². The number of hydrogen-bond donors (Lipinski definition) is 0. The molecule has 2 aromatic carbocycles. The maximum Gasteiger partial charge on any atom is 0.340 e. The minimum Gasteiger partial charge on any atom is -0.358 e. The Kier molecular flexibility index (Phi) is 5.40. The Balaban J connectivity index is 2.12. The Bertz CT molecular complexity index is 1220. The standard InChI is InChI=1S/C18H14ClN3O6S/c1-11-16(17(23)14-9-8-12(19)10-15(14)22(24)25)18(21(2)20-11)28-29(26,27)13-6-4-3-5-7-13/h3-10H,1-2H3. The first-order valence-corrected chi connectivity index (χ1v) is 9.92. The highest BCUT2D eigenvalue weighted by Gasteiger charge is 2.31. The van der Waals surface area contributed by atoms with Gasteiger partial charge in [-0.2, -0.15) is 13.5 Å². The number of nitrogens with zero attached hydrogens (tertiary/aromatic N) is 3. The molecule has 3 rings (SSSR count). The highest BCUT2D eigenvalue weighted by Crippen LogP contribution is 2.31. The summed E-state index contributed by atoms with van der Waals surface area (Å²) in [6.45, 7) is 1.47. The lowest BCUT2D eigenvalue weighted by atomic mass is 10.0. The van der Waals surface area contributed by atoms with Gasteiger partial charge in [0, 0.05) is 18.1 Å². The number of nitro groups is 1. The van der Waals surface area contributed by atoms with E-state index >= 15 is 0 Å². The maximum absolute atomic E-state index is 13.1. The Hall–Kier alpha value is -3.24. The molecule has 0 unspecified atom stereocenters. The van der Waals surface area contributed by atoms with Crippen LogP contribution in [-0.4, -0.2) is 28.9 Å². The summed E-state index contributed by atoms with van der Waals surface area (Å²) in [6, 6.07) is 10.9. The molecular weight excluding hydrogens is 422 g/mol. The third kappa shape index (κ3) is 3.98. The summed E-state index contributed by atoms with van der Waals surface area (Å²) in [7, 11) is -2.86. The monoisotopic (exact) mass is 435 g/mol. The third-order valence-electron chi connectivity index (χ3n) is 4.02. The minimum atomic E-state index is -4.26. The fraction of sp³-hybridized carbons (Fsp3) is 0.111. The SMILES string of the molecule is Cc1nn(C)c(OS(=O)(=O)c2ccccc2)c1C(=O)c1ccc(Cl)cc1[N+](=O)[O-]. The smallest absolute Gasteiger partial charge is 0.340 e. The van der Waals surface area contributed by atoms with Crippen LogP contribution >= 0.6 is 11.6 Å². The lowest BCUT2D eigenvalue weighted by molar-refractivity contribution is -0.385. The van der Waals surface area contributed by atoms with Crippen LogP contribution in [0.1, 0.15) is 21.6 Å². The van der Waals surface area contributed by atoms with Gasteiger partial charge in [0.05, 0.1) is 10.6 Å². The largest absolute Gasteiger partial charge is 0.358 e. The fourth-order valence-electron chi connectivity index (χ4n) is 2.72. The van der Waals surface area contributed by atoms with Crippen LogP contribution in [0.4, 0.5) is 5.69 Å². The molecule has 1 aromatic heterocycles. The first kappa shape index (κ1) is 20.5. The van der Waals surface area contributed by atoms with E-state index < -0.39 is 26.5 Å². The zero-order valence-electron chi connectivity index (χ0n) is 15.2. The number of carbonyl (C=O) groups excluding carboxylic acids is 1. The van der Waals surface area contributed by atoms with E-state index in [1.54, 1.807) is 6.07 Å². The molecule has 3 aromatic rings. The van der Waals surface area contributed by atoms with Gasteiger partial charge in [-0.1, -0.05) is 29.8 Å². The molecule has 0 saturated heterocycles. The summed E-state index contributed by atoms with van der Waals surface area (Å²) in [4.78, 5) is 23.6. The maximum atomic E-state index is 13.1. The van der Waals surface area contributed by atoms with Gasteiger partial charge in [0.15, 0.2) is 0 Å². The number of aryl methyl sites for hydroxylation is 2. The van der Waals surface area contributed by atoms with Crippen molar-refractivity contribution in [3.05, 3.63) is 80.5 Å². The number of halogens is 1. The number of hydrogen-bond acceptors (Lipinski definition) is 7. The highest BCUT2D eigenvalue weighted by molar-refractivity contribution is 7.87. The first-order chi connectivity index (χ1) is 13.6. The minimum absolute atomic E-state index is 0.0827. The van der Waals surface area contributed by atoms with Crippen molar-refractivity contribution >= 4 is 33.2 Å². The highest BCUT2D eigenvalue weighted by atomic mass is 35.5. The lowest BCUT2D eigenvalue weighted by Crippen LogP contribution is -2.15. The van der Waals surface area contributed by atoms with Crippen LogP contribution in [-0.2, 0) is 17.2 Å². The molecule has 1 heterocycles. The zero-order chi connectivity index (χ0) is 21.3. The number of rotatable bonds is 6. The Morgan fingerprint density at radius 1 is 1.21 bits per heavy atom. The van der Waals surface area contributed by atoms with Crippen LogP contribution in [0, 0.1) is 17.0 Å². The summed E-state index contributed by atoms with van der Waals surface area (Å²) in [5.41, 5.74) is -0.822. The van der Waals surface area contributed by atoms with E-state index in [-0.39, 0.29) is 32.6 Å². The second kappa shape index (κ2) is 7.64. The van der Waals surface area contributed by atoms with Gasteiger partial charge >= 0.3 is 10.1 Å². The van der Waals surface area contributed by atoms with Crippen LogP contribution < -0.4 is 4.18 Å². The molecule has 0 aliphatic carbocycles. The molecule has 9 nitrogen and oxygen atoms in total. The predicted octanol–water partition coefficient (Wildman–Crippen LogP) is 3.29. The second-order valence-electron chi connectivity index (χ2n) is 5.99. The quantitative estimate of drug-likeness (QED) is 0.252. The van der Waals surface area contributed by atoms with Gasteiger partial charge in [-0.25, -0.2) is 4.68 Å². The number of benzene rings is 2. The van der Waals surface area contributed by atoms with Crippen molar-refractivity contribution in [3.63, 3.8) is 0 Å². The number of nitro benzene ring substituents is 1. The van der Waals surface area contributed by atoms with E-state index in [0.717, 1.165) is 10.7 Å². The van der Waals surface area contributed by atoms with E-state index in [4.69, 9.17) is 15.8 Å². The molecule has 0 saturated carbocycles. The lowest BCUT2D eigenvalue weighted by Gasteiger charge is -2.09. The number of aromatic nitrogens is 2. The van der Waals surface area contributed by atoms with Crippen molar-refractivity contribution in [3.8, 4) is 5.88 Å². The van der Waals surface area contributed by atoms with Crippen molar-refractivity contribution in [1.82, 2.24) is 9.78 Å². The van der Waals surface area contributed by atoms with Gasteiger partial charge in [0.1, 0.15) is 16.0 Å². The van der Waals surface area contributed by atoms with E-state index in [1.807, 2.05) is 0 Å². The number of ketones is 1. The molecule has 0 bridgehead atoms. The Labute approximate surface area is 170 Å². The van der Waals surface area contributed by atoms with Crippen LogP contribution in [0.3, 0.4) is 0 Å². The molecular formula is C18H14ClN3O6S. The van der Waals surface area contributed by atoms with Crippen LogP contribution in [0.2, 0.25) is 5.02 Å². The van der Waals surface area contributed by atoms with Crippen molar-refractivity contribution < 1.29 is 22.3 Å². The molecule has 0 aliphatic rings. The third-order valence-corrected chi connectivity index (χ3v) is 5.48. The van der Waals surface area contributed by atoms with Gasteiger partial charge in [0.2, 0.25) is 11.7 Å². The summed E-state index contributed by atoms with van der Waals surface area (Å²) in [5, 5.41) is 15.5. The zero-order valence-corrected chi connectivity index (χ0v) is 16.8. The van der Waals surface area contributed by atoms with Crippen molar-refractivity contribution in [2.24, 2.45) is 7.05 Å². The predicted molar refractivity (Wildman–Crippen MR) is 104 cm³/mol. The topological polar surface area (TPSA) is 121 Å². The molecule has 0 fully saturated rings. The van der Waals surface area contributed by atoms with Gasteiger partial charge in [-0.15, -0.1) is 0 Å². The molecule has 0 spiro atoms. The van der Waals surface area contributed by atoms with E-state index in [2.05, 4.69) is 5.10 Å². The molecule has 11 heteroatoms. The summed E-state index contributed by atoms with van der Waals surface area (Å²) < 4.78 is 31.5. The molecule has 0 atom stereocenters. The molecule has 0 N–H and O–H groups in total. The molecule has 150 valence electrons. The molecule has 0 aliphatic heterocycles. The molecule has 0 amide bonds. The normalized spacial score (nSPS) is 11.3. The van der Waals surface area contributed by atoms with Crippen LogP contribution in [0.25, 0.3) is 0 Å². The average Bonchev–Trinajstić information content (AvgIpc) is 2.94. The first-order valence-electron chi connectivity index (χ1n) is 8.13. The van der Waals surface area contributed by atoms with Crippen molar-refractivity contribution in [2.45, 2.75) is 11.8 Å². The van der Waals surface area contributed by atoms with Gasteiger partial charge in [-0.3, -0.25) is 14.9 Å². The van der Waals surface area contributed by atoms with E-state index in [1.165, 1.54) is 50.4 Å². The summed E-state index contributed by atoms with van der Waals surface area (Å²) >= 11 is 5.80. The Morgan fingerprint density at radius 3 is 2.48 bits per heavy atom. The molecule has 29 heavy (non-hydrogen) atoms. The van der Waals surface area contributed by atoms with Gasteiger partial charge in [-0.05, 0) is 31.2 Å². The average molecular weight is 436 g/mol. The number of carbonyl (C=O) groups is 1. The second-order valence-corrected chi connectivity index (χ2v) is 7.97. The van der Waals surface area contributed by atoms with E-state index in [0.29, 0.717) is 0 Å². The fourth-order valence-corrected chi connectivity index (χ4v) is 3.87. The van der Waals surface area contributed by atoms with Crippen LogP contribution in [0.5, 0.6) is 5.88 Å². The van der Waals surface area contributed by atoms with Crippen LogP contribution in [0.15, 0.2) is 53.4 Å². The van der Waals surface area contributed by atoms with Gasteiger partial charge < -0.3 is 4.18 Å². The van der Waals surface area contributed by atoms with Crippen molar-refractivity contribution in [2.75, 3.05) is 0 Å². The van der Waals surface area contributed by atoms with Gasteiger partial charge in [0.25, 0.3) is 5.69 Å². The Morgan fingerprint density at radius 2 is 1.86 bits per heavy atom. The summed E-state index contributed by atoms with van der Waals surface area (Å²) in [5.74, 6) is -1.15. The van der Waals surface area contributed by atoms with Crippen molar-refractivity contribution in [1.29, 1.82) is 0 Å². The molecule has 0 radical (unpaired) electrons.